The van der Waals surface area contributed by atoms with E-state index in [1.165, 1.54) is 31.5 Å². The Hall–Kier alpha value is -1.99. The second-order valence-corrected chi connectivity index (χ2v) is 8.35. The first-order chi connectivity index (χ1) is 14.5. The van der Waals surface area contributed by atoms with Crippen molar-refractivity contribution in [1.29, 1.82) is 0 Å². The summed E-state index contributed by atoms with van der Waals surface area (Å²) in [5, 5.41) is 6.92. The Kier molecular flexibility index (Phi) is 10.2. The van der Waals surface area contributed by atoms with Gasteiger partial charge < -0.3 is 29.9 Å². The Morgan fingerprint density at radius 1 is 1.17 bits per heavy atom. The molecule has 0 aliphatic carbocycles. The van der Waals surface area contributed by atoms with E-state index in [0.29, 0.717) is 0 Å². The Morgan fingerprint density at radius 3 is 2.47 bits per heavy atom. The quantitative estimate of drug-likeness (QED) is 0.345. The fourth-order valence-corrected chi connectivity index (χ4v) is 3.87. The third kappa shape index (κ3) is 7.36. The molecule has 0 spiro atoms. The lowest BCUT2D eigenvalue weighted by Crippen LogP contribution is -2.42. The molecule has 2 N–H and O–H groups in total. The Balaban J connectivity index is 1.82. The number of nitrogens with zero attached hydrogens (tertiary/aromatic N) is 3. The minimum atomic E-state index is 0.179. The van der Waals surface area contributed by atoms with Crippen molar-refractivity contribution in [2.24, 2.45) is 10.9 Å². The van der Waals surface area contributed by atoms with Crippen molar-refractivity contribution < 1.29 is 9.47 Å². The summed E-state index contributed by atoms with van der Waals surface area (Å²) in [6, 6.07) is 6.27. The number of guanidine groups is 1. The molecule has 0 radical (unpaired) electrons. The summed E-state index contributed by atoms with van der Waals surface area (Å²) in [5.74, 6) is 3.22. The molecule has 1 heterocycles. The molecule has 1 aromatic carbocycles. The maximum Gasteiger partial charge on any atom is 0.191 e. The second kappa shape index (κ2) is 12.6. The summed E-state index contributed by atoms with van der Waals surface area (Å²) in [4.78, 5) is 9.16. The van der Waals surface area contributed by atoms with Crippen LogP contribution in [0.1, 0.15) is 37.8 Å². The summed E-state index contributed by atoms with van der Waals surface area (Å²) < 4.78 is 10.8. The minimum absolute atomic E-state index is 0.179. The van der Waals surface area contributed by atoms with Crippen molar-refractivity contribution in [2.75, 3.05) is 68.1 Å². The maximum absolute atomic E-state index is 5.47. The van der Waals surface area contributed by atoms with Crippen LogP contribution < -0.4 is 20.1 Å². The normalized spacial score (nSPS) is 17.1. The van der Waals surface area contributed by atoms with Crippen molar-refractivity contribution in [3.05, 3.63) is 23.8 Å². The number of nitrogens with one attached hydrogen (secondary N) is 2. The zero-order valence-corrected chi connectivity index (χ0v) is 19.7. The highest BCUT2D eigenvalue weighted by Crippen LogP contribution is 2.31. The van der Waals surface area contributed by atoms with E-state index in [1.54, 1.807) is 14.2 Å². The molecule has 7 nitrogen and oxygen atoms in total. The smallest absolute Gasteiger partial charge is 0.191 e. The molecule has 0 amide bonds. The van der Waals surface area contributed by atoms with Gasteiger partial charge in [-0.3, -0.25) is 4.99 Å². The third-order valence-corrected chi connectivity index (χ3v) is 5.92. The molecule has 1 fully saturated rings. The van der Waals surface area contributed by atoms with Crippen molar-refractivity contribution in [3.63, 3.8) is 0 Å². The van der Waals surface area contributed by atoms with Gasteiger partial charge in [-0.2, -0.15) is 0 Å². The molecule has 170 valence electrons. The molecule has 0 aromatic heterocycles. The molecule has 1 aliphatic heterocycles. The van der Waals surface area contributed by atoms with Crippen LogP contribution in [0.5, 0.6) is 11.5 Å². The standard InChI is InChI=1S/C23H41N5O2/c1-18-10-14-28(15-11-18)13-7-12-25-23(24-2)26-17-20(27(3)4)19-8-9-21(29-5)22(16-19)30-6/h8-9,16,18,20H,7,10-15,17H2,1-6H3,(H2,24,25,26). The lowest BCUT2D eigenvalue weighted by atomic mass is 9.99. The van der Waals surface area contributed by atoms with E-state index in [1.807, 2.05) is 19.2 Å². The number of hydrogen-bond donors (Lipinski definition) is 2. The van der Waals surface area contributed by atoms with Crippen LogP contribution in [0.3, 0.4) is 0 Å². The van der Waals surface area contributed by atoms with E-state index in [0.717, 1.165) is 49.4 Å². The zero-order valence-electron chi connectivity index (χ0n) is 19.7. The second-order valence-electron chi connectivity index (χ2n) is 8.35. The SMILES string of the molecule is CN=C(NCCCN1CCC(C)CC1)NCC(c1ccc(OC)c(OC)c1)N(C)C. The monoisotopic (exact) mass is 419 g/mol. The van der Waals surface area contributed by atoms with E-state index in [4.69, 9.17) is 9.47 Å². The molecule has 1 aromatic rings. The van der Waals surface area contributed by atoms with Gasteiger partial charge in [0.15, 0.2) is 17.5 Å². The number of likely N-dealkylation sites (tertiary alicyclic amines) is 1. The number of ether oxygens (including phenoxy) is 2. The lowest BCUT2D eigenvalue weighted by Gasteiger charge is -2.30. The Labute approximate surface area is 182 Å². The van der Waals surface area contributed by atoms with Crippen LogP contribution in [0, 0.1) is 5.92 Å². The van der Waals surface area contributed by atoms with Gasteiger partial charge in [0, 0.05) is 20.1 Å². The topological polar surface area (TPSA) is 61.4 Å². The molecule has 1 atom stereocenters. The zero-order chi connectivity index (χ0) is 21.9. The van der Waals surface area contributed by atoms with Gasteiger partial charge in [0.1, 0.15) is 0 Å². The predicted molar refractivity (Wildman–Crippen MR) is 125 cm³/mol. The van der Waals surface area contributed by atoms with Gasteiger partial charge in [0.05, 0.1) is 20.3 Å². The first-order valence-corrected chi connectivity index (χ1v) is 11.0. The number of piperidine rings is 1. The third-order valence-electron chi connectivity index (χ3n) is 5.92. The van der Waals surface area contributed by atoms with Crippen molar-refractivity contribution in [2.45, 2.75) is 32.2 Å². The average molecular weight is 420 g/mol. The van der Waals surface area contributed by atoms with Gasteiger partial charge in [-0.25, -0.2) is 0 Å². The largest absolute Gasteiger partial charge is 0.493 e. The molecular formula is C23H41N5O2. The average Bonchev–Trinajstić information content (AvgIpc) is 2.76. The van der Waals surface area contributed by atoms with E-state index < -0.39 is 0 Å². The van der Waals surface area contributed by atoms with Gasteiger partial charge in [0.25, 0.3) is 0 Å². The summed E-state index contributed by atoms with van der Waals surface area (Å²) in [5.41, 5.74) is 1.17. The fourth-order valence-electron chi connectivity index (χ4n) is 3.87. The molecular weight excluding hydrogens is 378 g/mol. The Bertz CT molecular complexity index is 657. The highest BCUT2D eigenvalue weighted by atomic mass is 16.5. The van der Waals surface area contributed by atoms with E-state index in [-0.39, 0.29) is 6.04 Å². The molecule has 1 unspecified atom stereocenters. The molecule has 0 saturated carbocycles. The highest BCUT2D eigenvalue weighted by molar-refractivity contribution is 5.79. The Morgan fingerprint density at radius 2 is 1.87 bits per heavy atom. The van der Waals surface area contributed by atoms with Gasteiger partial charge in [0.2, 0.25) is 0 Å². The number of hydrogen-bond acceptors (Lipinski definition) is 5. The van der Waals surface area contributed by atoms with Crippen LogP contribution in [0.15, 0.2) is 23.2 Å². The van der Waals surface area contributed by atoms with Crippen LogP contribution in [0.2, 0.25) is 0 Å². The molecule has 7 heteroatoms. The number of rotatable bonds is 10. The van der Waals surface area contributed by atoms with Crippen molar-refractivity contribution >= 4 is 5.96 Å². The van der Waals surface area contributed by atoms with Gasteiger partial charge >= 0.3 is 0 Å². The van der Waals surface area contributed by atoms with E-state index in [9.17, 15) is 0 Å². The first kappa shape index (κ1) is 24.3. The molecule has 0 bridgehead atoms. The lowest BCUT2D eigenvalue weighted by molar-refractivity contribution is 0.191. The van der Waals surface area contributed by atoms with Crippen molar-refractivity contribution in [3.8, 4) is 11.5 Å². The van der Waals surface area contributed by atoms with Crippen LogP contribution in [-0.2, 0) is 0 Å². The first-order valence-electron chi connectivity index (χ1n) is 11.0. The highest BCUT2D eigenvalue weighted by Gasteiger charge is 2.18. The molecule has 2 rings (SSSR count). The minimum Gasteiger partial charge on any atom is -0.493 e. The van der Waals surface area contributed by atoms with Gasteiger partial charge in [-0.05, 0) is 76.6 Å². The summed E-state index contributed by atoms with van der Waals surface area (Å²) in [6.07, 6.45) is 3.79. The summed E-state index contributed by atoms with van der Waals surface area (Å²) >= 11 is 0. The molecule has 1 saturated heterocycles. The summed E-state index contributed by atoms with van der Waals surface area (Å²) in [7, 11) is 9.31. The van der Waals surface area contributed by atoms with Crippen LogP contribution in [0.25, 0.3) is 0 Å². The number of likely N-dealkylation sites (N-methyl/N-ethyl adjacent to an activating group) is 1. The molecule has 30 heavy (non-hydrogen) atoms. The fraction of sp³-hybridized carbons (Fsp3) is 0.696. The number of benzene rings is 1. The number of aliphatic imine (C=N–C) groups is 1. The van der Waals surface area contributed by atoms with Crippen LogP contribution in [-0.4, -0.2) is 83.8 Å². The van der Waals surface area contributed by atoms with Crippen molar-refractivity contribution in [1.82, 2.24) is 20.4 Å². The van der Waals surface area contributed by atoms with Gasteiger partial charge in [-0.15, -0.1) is 0 Å². The molecule has 1 aliphatic rings. The van der Waals surface area contributed by atoms with Gasteiger partial charge in [-0.1, -0.05) is 13.0 Å². The van der Waals surface area contributed by atoms with Crippen LogP contribution >= 0.6 is 0 Å². The van der Waals surface area contributed by atoms with E-state index in [2.05, 4.69) is 52.5 Å². The predicted octanol–water partition coefficient (Wildman–Crippen LogP) is 2.59. The number of methoxy groups -OCH3 is 2. The van der Waals surface area contributed by atoms with Crippen LogP contribution in [0.4, 0.5) is 0 Å². The maximum atomic E-state index is 5.47. The van der Waals surface area contributed by atoms with E-state index >= 15 is 0 Å². The summed E-state index contributed by atoms with van der Waals surface area (Å²) in [6.45, 7) is 7.66.